The molecule has 5 nitrogen and oxygen atoms in total. The predicted octanol–water partition coefficient (Wildman–Crippen LogP) is 2.66. The fourth-order valence-corrected chi connectivity index (χ4v) is 2.72. The molecule has 1 saturated heterocycles. The van der Waals surface area contributed by atoms with Gasteiger partial charge in [0.15, 0.2) is 6.29 Å². The van der Waals surface area contributed by atoms with Crippen LogP contribution >= 0.6 is 0 Å². The molecule has 1 aliphatic heterocycles. The van der Waals surface area contributed by atoms with E-state index in [2.05, 4.69) is 12.2 Å². The van der Waals surface area contributed by atoms with Gasteiger partial charge in [0.1, 0.15) is 11.9 Å². The van der Waals surface area contributed by atoms with E-state index in [0.717, 1.165) is 30.8 Å². The van der Waals surface area contributed by atoms with Crippen molar-refractivity contribution in [2.24, 2.45) is 5.92 Å². The molecule has 1 amide bonds. The Morgan fingerprint density at radius 3 is 2.62 bits per heavy atom. The van der Waals surface area contributed by atoms with Crippen LogP contribution in [0.25, 0.3) is 0 Å². The Labute approximate surface area is 144 Å². The Bertz CT molecular complexity index is 515. The summed E-state index contributed by atoms with van der Waals surface area (Å²) in [5, 5.41) is 13.0. The van der Waals surface area contributed by atoms with Crippen LogP contribution in [0, 0.1) is 5.92 Å². The van der Waals surface area contributed by atoms with Crippen LogP contribution in [-0.2, 0) is 16.0 Å². The van der Waals surface area contributed by atoms with E-state index in [0.29, 0.717) is 18.8 Å². The quantitative estimate of drug-likeness (QED) is 0.717. The van der Waals surface area contributed by atoms with Crippen LogP contribution in [0.5, 0.6) is 5.75 Å². The summed E-state index contributed by atoms with van der Waals surface area (Å²) >= 11 is 0. The van der Waals surface area contributed by atoms with Gasteiger partial charge >= 0.3 is 0 Å². The highest BCUT2D eigenvalue weighted by Crippen LogP contribution is 2.20. The maximum atomic E-state index is 12.1. The topological polar surface area (TPSA) is 67.8 Å². The minimum absolute atomic E-state index is 0.140. The standard InChI is InChI=1S/C19H29NO4/c1-4-5-10-23-15-8-6-14(7-9-15)12-16-19(22)24-17(11-13(2)3)18(21)20-16/h6-9,13,16-17,19,22H,4-5,10-12H2,1-3H3,(H,20,21)/t16-,17-,19?/m0/s1. The van der Waals surface area contributed by atoms with Crippen molar-refractivity contribution < 1.29 is 19.4 Å². The number of nitrogens with one attached hydrogen (secondary N) is 1. The van der Waals surface area contributed by atoms with Crippen molar-refractivity contribution in [1.29, 1.82) is 0 Å². The van der Waals surface area contributed by atoms with E-state index in [1.165, 1.54) is 0 Å². The summed E-state index contributed by atoms with van der Waals surface area (Å²) in [7, 11) is 0. The number of aliphatic hydroxyl groups is 1. The van der Waals surface area contributed by atoms with Gasteiger partial charge in [-0.3, -0.25) is 4.79 Å². The van der Waals surface area contributed by atoms with Gasteiger partial charge in [0.25, 0.3) is 0 Å². The summed E-state index contributed by atoms with van der Waals surface area (Å²) in [4.78, 5) is 12.1. The normalized spacial score (nSPS) is 24.0. The molecule has 5 heteroatoms. The second-order valence-corrected chi connectivity index (χ2v) is 6.81. The number of amides is 1. The van der Waals surface area contributed by atoms with E-state index in [-0.39, 0.29) is 5.91 Å². The number of hydrogen-bond donors (Lipinski definition) is 2. The molecule has 0 saturated carbocycles. The fourth-order valence-electron chi connectivity index (χ4n) is 2.72. The molecular formula is C19H29NO4. The average molecular weight is 335 g/mol. The third-order valence-electron chi connectivity index (χ3n) is 4.10. The second kappa shape index (κ2) is 9.04. The Morgan fingerprint density at radius 2 is 2.00 bits per heavy atom. The number of carbonyl (C=O) groups is 1. The summed E-state index contributed by atoms with van der Waals surface area (Å²) in [6, 6.07) is 7.34. The Kier molecular flexibility index (Phi) is 7.06. The monoisotopic (exact) mass is 335 g/mol. The lowest BCUT2D eigenvalue weighted by atomic mass is 10.0. The molecule has 0 spiro atoms. The van der Waals surface area contributed by atoms with Gasteiger partial charge in [-0.2, -0.15) is 0 Å². The maximum Gasteiger partial charge on any atom is 0.249 e. The van der Waals surface area contributed by atoms with Crippen molar-refractivity contribution >= 4 is 5.91 Å². The number of hydrogen-bond acceptors (Lipinski definition) is 4. The largest absolute Gasteiger partial charge is 0.494 e. The number of ether oxygens (including phenoxy) is 2. The van der Waals surface area contributed by atoms with Crippen molar-refractivity contribution in [1.82, 2.24) is 5.32 Å². The molecule has 0 radical (unpaired) electrons. The molecule has 134 valence electrons. The van der Waals surface area contributed by atoms with Crippen LogP contribution in [-0.4, -0.2) is 36.1 Å². The minimum atomic E-state index is -0.980. The molecule has 1 heterocycles. The zero-order valence-electron chi connectivity index (χ0n) is 14.8. The number of aliphatic hydroxyl groups excluding tert-OH is 1. The minimum Gasteiger partial charge on any atom is -0.494 e. The van der Waals surface area contributed by atoms with Gasteiger partial charge in [0.2, 0.25) is 5.91 Å². The lowest BCUT2D eigenvalue weighted by Crippen LogP contribution is -2.57. The van der Waals surface area contributed by atoms with Crippen LogP contribution in [0.15, 0.2) is 24.3 Å². The van der Waals surface area contributed by atoms with Crippen molar-refractivity contribution in [3.05, 3.63) is 29.8 Å². The zero-order valence-corrected chi connectivity index (χ0v) is 14.8. The summed E-state index contributed by atoms with van der Waals surface area (Å²) in [6.07, 6.45) is 1.74. The van der Waals surface area contributed by atoms with Crippen LogP contribution in [0.3, 0.4) is 0 Å². The molecular weight excluding hydrogens is 306 g/mol. The van der Waals surface area contributed by atoms with Gasteiger partial charge in [-0.15, -0.1) is 0 Å². The first-order valence-corrected chi connectivity index (χ1v) is 8.85. The first kappa shape index (κ1) is 18.7. The van der Waals surface area contributed by atoms with Gasteiger partial charge in [-0.25, -0.2) is 0 Å². The van der Waals surface area contributed by atoms with Gasteiger partial charge in [0, 0.05) is 0 Å². The molecule has 0 aromatic heterocycles. The molecule has 1 aliphatic rings. The van der Waals surface area contributed by atoms with E-state index < -0.39 is 18.4 Å². The molecule has 2 N–H and O–H groups in total. The first-order valence-electron chi connectivity index (χ1n) is 8.85. The van der Waals surface area contributed by atoms with Crippen LogP contribution in [0.1, 0.15) is 45.6 Å². The summed E-state index contributed by atoms with van der Waals surface area (Å²) in [5.41, 5.74) is 1.02. The van der Waals surface area contributed by atoms with E-state index in [1.54, 1.807) is 0 Å². The molecule has 0 bridgehead atoms. The van der Waals surface area contributed by atoms with Crippen molar-refractivity contribution in [3.63, 3.8) is 0 Å². The Balaban J connectivity index is 1.88. The SMILES string of the molecule is CCCCOc1ccc(C[C@@H]2NC(=O)[C@H](CC(C)C)OC2O)cc1. The summed E-state index contributed by atoms with van der Waals surface area (Å²) in [5.74, 6) is 1.04. The highest BCUT2D eigenvalue weighted by molar-refractivity contribution is 5.81. The van der Waals surface area contributed by atoms with Crippen molar-refractivity contribution in [2.75, 3.05) is 6.61 Å². The van der Waals surface area contributed by atoms with E-state index >= 15 is 0 Å². The predicted molar refractivity (Wildman–Crippen MR) is 92.8 cm³/mol. The molecule has 3 atom stereocenters. The van der Waals surface area contributed by atoms with Gasteiger partial charge < -0.3 is 19.9 Å². The van der Waals surface area contributed by atoms with Crippen molar-refractivity contribution in [3.8, 4) is 5.75 Å². The first-order chi connectivity index (χ1) is 11.5. The highest BCUT2D eigenvalue weighted by atomic mass is 16.6. The lowest BCUT2D eigenvalue weighted by Gasteiger charge is -2.34. The number of benzene rings is 1. The average Bonchev–Trinajstić information content (AvgIpc) is 2.53. The van der Waals surface area contributed by atoms with E-state index in [4.69, 9.17) is 9.47 Å². The number of morpholine rings is 1. The maximum absolute atomic E-state index is 12.1. The Hall–Kier alpha value is -1.59. The smallest absolute Gasteiger partial charge is 0.249 e. The zero-order chi connectivity index (χ0) is 17.5. The molecule has 2 rings (SSSR count). The van der Waals surface area contributed by atoms with E-state index in [1.807, 2.05) is 38.1 Å². The van der Waals surface area contributed by atoms with Crippen molar-refractivity contribution in [2.45, 2.75) is 64.9 Å². The molecule has 0 aliphatic carbocycles. The van der Waals surface area contributed by atoms with Crippen LogP contribution in [0.2, 0.25) is 0 Å². The summed E-state index contributed by atoms with van der Waals surface area (Å²) in [6.45, 7) is 6.90. The third kappa shape index (κ3) is 5.49. The highest BCUT2D eigenvalue weighted by Gasteiger charge is 2.35. The lowest BCUT2D eigenvalue weighted by molar-refractivity contribution is -0.191. The number of rotatable bonds is 8. The molecule has 24 heavy (non-hydrogen) atoms. The van der Waals surface area contributed by atoms with Gasteiger partial charge in [0.05, 0.1) is 12.6 Å². The van der Waals surface area contributed by atoms with Gasteiger partial charge in [-0.1, -0.05) is 39.3 Å². The van der Waals surface area contributed by atoms with Crippen LogP contribution < -0.4 is 10.1 Å². The molecule has 1 aromatic carbocycles. The molecule has 1 aromatic rings. The van der Waals surface area contributed by atoms with Gasteiger partial charge in [-0.05, 0) is 42.9 Å². The summed E-state index contributed by atoms with van der Waals surface area (Å²) < 4.78 is 11.1. The number of carbonyl (C=O) groups excluding carboxylic acids is 1. The molecule has 1 unspecified atom stereocenters. The van der Waals surface area contributed by atoms with E-state index in [9.17, 15) is 9.90 Å². The fraction of sp³-hybridized carbons (Fsp3) is 0.632. The van der Waals surface area contributed by atoms with Crippen LogP contribution in [0.4, 0.5) is 0 Å². The molecule has 1 fully saturated rings. The number of unbranched alkanes of at least 4 members (excludes halogenated alkanes) is 1. The Morgan fingerprint density at radius 1 is 1.29 bits per heavy atom. The second-order valence-electron chi connectivity index (χ2n) is 6.81. The third-order valence-corrected chi connectivity index (χ3v) is 4.10.